The van der Waals surface area contributed by atoms with E-state index in [4.69, 9.17) is 4.74 Å². The summed E-state index contributed by atoms with van der Waals surface area (Å²) in [5.41, 5.74) is 0.589. The Kier molecular flexibility index (Phi) is 5.75. The number of amides is 1. The van der Waals surface area contributed by atoms with Gasteiger partial charge in [0.15, 0.2) is 5.16 Å². The fraction of sp³-hybridized carbons (Fsp3) is 0.333. The highest BCUT2D eigenvalue weighted by Gasteiger charge is 2.20. The van der Waals surface area contributed by atoms with E-state index in [1.807, 2.05) is 19.1 Å². The molecule has 1 aromatic carbocycles. The predicted octanol–water partition coefficient (Wildman–Crippen LogP) is 1.99. The average Bonchev–Trinajstić information content (AvgIpc) is 2.56. The molecule has 2 rings (SSSR count). The van der Waals surface area contributed by atoms with Gasteiger partial charge in [-0.15, -0.1) is 10.2 Å². The zero-order valence-electron chi connectivity index (χ0n) is 13.1. The van der Waals surface area contributed by atoms with Gasteiger partial charge in [-0.05, 0) is 25.5 Å². The van der Waals surface area contributed by atoms with Crippen molar-refractivity contribution >= 4 is 23.4 Å². The molecule has 0 aliphatic rings. The number of benzene rings is 1. The number of carbonyl (C=O) groups excluding carboxylic acids is 1. The summed E-state index contributed by atoms with van der Waals surface area (Å²) < 4.78 is 5.22. The van der Waals surface area contributed by atoms with Gasteiger partial charge < -0.3 is 10.1 Å². The van der Waals surface area contributed by atoms with Gasteiger partial charge >= 0.3 is 0 Å². The van der Waals surface area contributed by atoms with E-state index >= 15 is 0 Å². The number of rotatable bonds is 6. The highest BCUT2D eigenvalue weighted by Crippen LogP contribution is 2.26. The van der Waals surface area contributed by atoms with E-state index in [2.05, 4.69) is 20.5 Å². The number of aromatic amines is 1. The summed E-state index contributed by atoms with van der Waals surface area (Å²) in [6.07, 6.45) is 0.573. The number of hydrogen-bond donors (Lipinski definition) is 2. The number of hydrogen-bond acceptors (Lipinski definition) is 6. The van der Waals surface area contributed by atoms with Crippen molar-refractivity contribution < 1.29 is 9.53 Å². The van der Waals surface area contributed by atoms with Gasteiger partial charge in [0.2, 0.25) is 5.91 Å². The van der Waals surface area contributed by atoms with Crippen LogP contribution in [0, 0.1) is 6.92 Å². The lowest BCUT2D eigenvalue weighted by Gasteiger charge is -2.15. The van der Waals surface area contributed by atoms with Crippen LogP contribution in [0.15, 0.2) is 34.2 Å². The van der Waals surface area contributed by atoms with E-state index in [1.54, 1.807) is 26.2 Å². The molecule has 23 heavy (non-hydrogen) atoms. The zero-order valence-corrected chi connectivity index (χ0v) is 13.9. The Balaban J connectivity index is 2.12. The van der Waals surface area contributed by atoms with Crippen LogP contribution in [0.25, 0.3) is 0 Å². The van der Waals surface area contributed by atoms with E-state index in [9.17, 15) is 9.59 Å². The van der Waals surface area contributed by atoms with Gasteiger partial charge in [0.05, 0.1) is 18.0 Å². The summed E-state index contributed by atoms with van der Waals surface area (Å²) in [5, 5.41) is 10.4. The lowest BCUT2D eigenvalue weighted by molar-refractivity contribution is -0.115. The van der Waals surface area contributed by atoms with Crippen molar-refractivity contribution in [3.8, 4) is 5.75 Å². The standard InChI is InChI=1S/C15H18N4O3S/c1-4-12(23-15-17-13(20)9(2)18-19-15)14(21)16-10-7-5-6-8-11(10)22-3/h5-8,12H,4H2,1-3H3,(H,16,21)(H,17,19,20). The monoisotopic (exact) mass is 334 g/mol. The van der Waals surface area contributed by atoms with Crippen molar-refractivity contribution in [3.05, 3.63) is 40.3 Å². The molecule has 2 aromatic rings. The van der Waals surface area contributed by atoms with E-state index in [0.29, 0.717) is 28.7 Å². The van der Waals surface area contributed by atoms with Crippen molar-refractivity contribution in [2.45, 2.75) is 30.7 Å². The normalized spacial score (nSPS) is 11.8. The number of anilines is 1. The molecule has 2 N–H and O–H groups in total. The molecule has 0 fully saturated rings. The topological polar surface area (TPSA) is 97.0 Å². The molecular formula is C15H18N4O3S. The molecule has 8 heteroatoms. The lowest BCUT2D eigenvalue weighted by atomic mass is 10.2. The minimum Gasteiger partial charge on any atom is -0.495 e. The summed E-state index contributed by atoms with van der Waals surface area (Å²) >= 11 is 1.17. The third-order valence-electron chi connectivity index (χ3n) is 3.12. The van der Waals surface area contributed by atoms with Crippen molar-refractivity contribution in [1.29, 1.82) is 0 Å². The van der Waals surface area contributed by atoms with Crippen LogP contribution in [0.1, 0.15) is 19.0 Å². The Hall–Kier alpha value is -2.35. The predicted molar refractivity (Wildman–Crippen MR) is 88.9 cm³/mol. The molecule has 1 heterocycles. The molecule has 0 bridgehead atoms. The molecule has 0 spiro atoms. The van der Waals surface area contributed by atoms with Gasteiger partial charge in [-0.3, -0.25) is 14.6 Å². The van der Waals surface area contributed by atoms with Crippen LogP contribution in [-0.4, -0.2) is 33.4 Å². The molecule has 0 aliphatic heterocycles. The first-order valence-corrected chi connectivity index (χ1v) is 7.97. The number of ether oxygens (including phenoxy) is 1. The Labute approximate surface area is 137 Å². The maximum Gasteiger partial charge on any atom is 0.273 e. The quantitative estimate of drug-likeness (QED) is 0.784. The van der Waals surface area contributed by atoms with Crippen molar-refractivity contribution in [3.63, 3.8) is 0 Å². The molecule has 1 aromatic heterocycles. The SMILES string of the molecule is CCC(Sc1nnc(C)c(=O)[nH]1)C(=O)Nc1ccccc1OC. The van der Waals surface area contributed by atoms with Crippen molar-refractivity contribution in [1.82, 2.24) is 15.2 Å². The number of thioether (sulfide) groups is 1. The van der Waals surface area contributed by atoms with Gasteiger partial charge in [-0.1, -0.05) is 30.8 Å². The molecule has 0 saturated carbocycles. The second kappa shape index (κ2) is 7.77. The van der Waals surface area contributed by atoms with Gasteiger partial charge in [0.25, 0.3) is 5.56 Å². The van der Waals surface area contributed by atoms with Crippen LogP contribution in [0.4, 0.5) is 5.69 Å². The van der Waals surface area contributed by atoms with E-state index in [-0.39, 0.29) is 11.5 Å². The number of nitrogens with zero attached hydrogens (tertiary/aromatic N) is 2. The van der Waals surface area contributed by atoms with E-state index < -0.39 is 5.25 Å². The molecular weight excluding hydrogens is 316 g/mol. The highest BCUT2D eigenvalue weighted by molar-refractivity contribution is 8.00. The largest absolute Gasteiger partial charge is 0.495 e. The molecule has 7 nitrogen and oxygen atoms in total. The second-order valence-electron chi connectivity index (χ2n) is 4.75. The Morgan fingerprint density at radius 3 is 2.78 bits per heavy atom. The number of H-pyrrole nitrogens is 1. The van der Waals surface area contributed by atoms with Gasteiger partial charge in [-0.2, -0.15) is 0 Å². The Morgan fingerprint density at radius 1 is 1.39 bits per heavy atom. The molecule has 0 aliphatic carbocycles. The summed E-state index contributed by atoms with van der Waals surface area (Å²) in [5.74, 6) is 0.398. The fourth-order valence-electron chi connectivity index (χ4n) is 1.85. The summed E-state index contributed by atoms with van der Waals surface area (Å²) in [4.78, 5) is 26.6. The number of aryl methyl sites for hydroxylation is 1. The van der Waals surface area contributed by atoms with Crippen LogP contribution in [-0.2, 0) is 4.79 Å². The van der Waals surface area contributed by atoms with Crippen LogP contribution in [0.3, 0.4) is 0 Å². The molecule has 0 radical (unpaired) electrons. The zero-order chi connectivity index (χ0) is 16.8. The summed E-state index contributed by atoms with van der Waals surface area (Å²) in [6, 6.07) is 7.18. The molecule has 1 atom stereocenters. The minimum absolute atomic E-state index is 0.190. The van der Waals surface area contributed by atoms with Gasteiger partial charge in [0.1, 0.15) is 11.4 Å². The minimum atomic E-state index is -0.410. The Morgan fingerprint density at radius 2 is 2.13 bits per heavy atom. The van der Waals surface area contributed by atoms with Crippen molar-refractivity contribution in [2.75, 3.05) is 12.4 Å². The van der Waals surface area contributed by atoms with Crippen LogP contribution in [0.2, 0.25) is 0 Å². The maximum atomic E-state index is 12.4. The van der Waals surface area contributed by atoms with Gasteiger partial charge in [-0.25, -0.2) is 0 Å². The summed E-state index contributed by atoms with van der Waals surface area (Å²) in [7, 11) is 1.55. The van der Waals surface area contributed by atoms with Crippen LogP contribution >= 0.6 is 11.8 Å². The summed E-state index contributed by atoms with van der Waals surface area (Å²) in [6.45, 7) is 3.46. The number of nitrogens with one attached hydrogen (secondary N) is 2. The average molecular weight is 334 g/mol. The number of para-hydroxylation sites is 2. The molecule has 0 saturated heterocycles. The first-order valence-electron chi connectivity index (χ1n) is 7.09. The van der Waals surface area contributed by atoms with E-state index in [0.717, 1.165) is 0 Å². The second-order valence-corrected chi connectivity index (χ2v) is 5.94. The van der Waals surface area contributed by atoms with Crippen molar-refractivity contribution in [2.24, 2.45) is 0 Å². The third-order valence-corrected chi connectivity index (χ3v) is 4.36. The Bertz CT molecular complexity index is 747. The lowest BCUT2D eigenvalue weighted by Crippen LogP contribution is -2.26. The number of carbonyl (C=O) groups is 1. The third kappa shape index (κ3) is 4.32. The maximum absolute atomic E-state index is 12.4. The number of aromatic nitrogens is 3. The van der Waals surface area contributed by atoms with Gasteiger partial charge in [0, 0.05) is 0 Å². The first kappa shape index (κ1) is 17.0. The molecule has 1 unspecified atom stereocenters. The van der Waals surface area contributed by atoms with Crippen LogP contribution < -0.4 is 15.6 Å². The molecule has 1 amide bonds. The first-order chi connectivity index (χ1) is 11.0. The molecule has 122 valence electrons. The van der Waals surface area contributed by atoms with Crippen LogP contribution in [0.5, 0.6) is 5.75 Å². The highest BCUT2D eigenvalue weighted by atomic mass is 32.2. The smallest absolute Gasteiger partial charge is 0.273 e. The van der Waals surface area contributed by atoms with E-state index in [1.165, 1.54) is 11.8 Å². The fourth-order valence-corrected chi connectivity index (χ4v) is 2.69. The number of methoxy groups -OCH3 is 1.